The third kappa shape index (κ3) is 6.43. The lowest BCUT2D eigenvalue weighted by Gasteiger charge is -2.31. The van der Waals surface area contributed by atoms with E-state index in [9.17, 15) is 0 Å². The van der Waals surface area contributed by atoms with Crippen LogP contribution in [0.4, 0.5) is 0 Å². The van der Waals surface area contributed by atoms with Gasteiger partial charge in [0.05, 0.1) is 28.5 Å². The number of amidine groups is 2. The minimum absolute atomic E-state index is 0.395. The van der Waals surface area contributed by atoms with E-state index in [1.165, 1.54) is 77.5 Å². The first kappa shape index (κ1) is 42.2. The molecule has 3 aliphatic carbocycles. The molecule has 5 heteroatoms. The van der Waals surface area contributed by atoms with Crippen molar-refractivity contribution in [1.82, 2.24) is 9.13 Å². The van der Waals surface area contributed by atoms with E-state index >= 15 is 0 Å². The van der Waals surface area contributed by atoms with E-state index in [0.29, 0.717) is 18.2 Å². The molecule has 2 aromatic heterocycles. The molecular formula is C66H49N5. The molecule has 0 atom stereocenters. The SMILES string of the molecule is C=CC1=C(/C=C\C)c2ccc(CN=C(N=C(N=C)c3ccc(-n4c5c(c6ccccc64)C=CCC5)cc3)c3ccc(-n4c5ccccc5c5ccccc54)cc3)cc2C12c1ccccc1-c1ccccc12. The number of aromatic nitrogens is 2. The molecule has 0 N–H and O–H groups in total. The molecule has 10 aromatic rings. The summed E-state index contributed by atoms with van der Waals surface area (Å²) in [7, 11) is 0. The summed E-state index contributed by atoms with van der Waals surface area (Å²) in [6.07, 6.45) is 13.0. The molecule has 8 aromatic carbocycles. The number of para-hydroxylation sites is 3. The van der Waals surface area contributed by atoms with Crippen LogP contribution in [0.1, 0.15) is 63.5 Å². The third-order valence-electron chi connectivity index (χ3n) is 14.9. The predicted octanol–water partition coefficient (Wildman–Crippen LogP) is 15.6. The fourth-order valence-electron chi connectivity index (χ4n) is 12.0. The summed E-state index contributed by atoms with van der Waals surface area (Å²) < 4.78 is 4.74. The second-order valence-electron chi connectivity index (χ2n) is 18.6. The van der Waals surface area contributed by atoms with E-state index in [1.807, 2.05) is 0 Å². The minimum Gasteiger partial charge on any atom is -0.313 e. The zero-order chi connectivity index (χ0) is 47.6. The third-order valence-corrected chi connectivity index (χ3v) is 14.9. The Balaban J connectivity index is 0.933. The second-order valence-corrected chi connectivity index (χ2v) is 18.6. The van der Waals surface area contributed by atoms with Gasteiger partial charge in [-0.2, -0.15) is 0 Å². The highest BCUT2D eigenvalue weighted by Crippen LogP contribution is 2.62. The molecule has 5 nitrogen and oxygen atoms in total. The predicted molar refractivity (Wildman–Crippen MR) is 298 cm³/mol. The zero-order valence-corrected chi connectivity index (χ0v) is 39.6. The molecular weight excluding hydrogens is 863 g/mol. The van der Waals surface area contributed by atoms with Crippen LogP contribution in [0.2, 0.25) is 0 Å². The van der Waals surface area contributed by atoms with Crippen LogP contribution in [-0.4, -0.2) is 27.5 Å². The van der Waals surface area contributed by atoms with Crippen molar-refractivity contribution in [2.75, 3.05) is 0 Å². The maximum Gasteiger partial charge on any atom is 0.161 e. The standard InChI is InChI=1S/C66H49N5/c1-4-18-48-51-40-31-43(41-59(51)66(56(48)5-2)57-25-12-6-19-49(57)50-20-7-13-26-58(50)66)42-68-65(45-34-38-47(39-35-45)71-62-29-16-10-23-54(62)55-24-11-17-30-63(55)71)69-64(67-3)44-32-36-46(37-33-44)70-60-27-14-8-21-52(60)53-22-9-15-28-61(53)70/h4-14,16-27,29-41H,2-3,15,28,42H2,1H3/b18-4-,68-65?,69-64?. The molecule has 338 valence electrons. The largest absolute Gasteiger partial charge is 0.313 e. The fourth-order valence-corrected chi connectivity index (χ4v) is 12.0. The van der Waals surface area contributed by atoms with Crippen molar-refractivity contribution < 1.29 is 0 Å². The number of allylic oxidation sites excluding steroid dienone is 6. The van der Waals surface area contributed by atoms with E-state index in [0.717, 1.165) is 51.9 Å². The summed E-state index contributed by atoms with van der Waals surface area (Å²) in [5, 5.41) is 3.72. The van der Waals surface area contributed by atoms with Crippen LogP contribution >= 0.6 is 0 Å². The Labute approximate surface area is 413 Å². The first-order chi connectivity index (χ1) is 35.1. The van der Waals surface area contributed by atoms with Gasteiger partial charge in [-0.1, -0.05) is 158 Å². The van der Waals surface area contributed by atoms with Crippen molar-refractivity contribution in [1.29, 1.82) is 0 Å². The summed E-state index contributed by atoms with van der Waals surface area (Å²) in [5.41, 5.74) is 20.6. The number of hydrogen-bond donors (Lipinski definition) is 0. The van der Waals surface area contributed by atoms with Gasteiger partial charge in [0.25, 0.3) is 0 Å². The van der Waals surface area contributed by atoms with Gasteiger partial charge in [-0.25, -0.2) is 9.98 Å². The highest BCUT2D eigenvalue weighted by molar-refractivity contribution is 6.13. The van der Waals surface area contributed by atoms with Gasteiger partial charge in [-0.15, -0.1) is 0 Å². The van der Waals surface area contributed by atoms with Crippen LogP contribution in [0.3, 0.4) is 0 Å². The van der Waals surface area contributed by atoms with Gasteiger partial charge in [-0.05, 0) is 143 Å². The molecule has 13 rings (SSSR count). The van der Waals surface area contributed by atoms with E-state index < -0.39 is 5.41 Å². The molecule has 0 aliphatic heterocycles. The number of fused-ring (bicyclic) bond motifs is 13. The number of rotatable bonds is 8. The van der Waals surface area contributed by atoms with Gasteiger partial charge in [0.15, 0.2) is 11.7 Å². The Morgan fingerprint density at radius 3 is 1.77 bits per heavy atom. The minimum atomic E-state index is -0.516. The van der Waals surface area contributed by atoms with E-state index in [-0.39, 0.29) is 0 Å². The summed E-state index contributed by atoms with van der Waals surface area (Å²) in [6, 6.07) is 67.6. The quantitative estimate of drug-likeness (QED) is 0.108. The van der Waals surface area contributed by atoms with Gasteiger partial charge >= 0.3 is 0 Å². The topological polar surface area (TPSA) is 46.9 Å². The van der Waals surface area contributed by atoms with Crippen LogP contribution < -0.4 is 0 Å². The Hall–Kier alpha value is -8.93. The smallest absolute Gasteiger partial charge is 0.161 e. The van der Waals surface area contributed by atoms with Crippen LogP contribution in [0.5, 0.6) is 0 Å². The lowest BCUT2D eigenvalue weighted by Crippen LogP contribution is -2.26. The molecule has 0 unspecified atom stereocenters. The van der Waals surface area contributed by atoms with Crippen molar-refractivity contribution in [2.24, 2.45) is 15.0 Å². The Bertz CT molecular complexity index is 3900. The molecule has 0 saturated carbocycles. The number of nitrogens with zero attached hydrogens (tertiary/aromatic N) is 5. The van der Waals surface area contributed by atoms with Gasteiger partial charge in [0, 0.05) is 49.9 Å². The lowest BCUT2D eigenvalue weighted by atomic mass is 9.69. The van der Waals surface area contributed by atoms with Gasteiger partial charge in [0.1, 0.15) is 0 Å². The Kier molecular flexibility index (Phi) is 10.1. The molecule has 71 heavy (non-hydrogen) atoms. The Morgan fingerprint density at radius 1 is 0.592 bits per heavy atom. The molecule has 2 heterocycles. The molecule has 0 radical (unpaired) electrons. The van der Waals surface area contributed by atoms with Crippen molar-refractivity contribution >= 4 is 62.7 Å². The fraction of sp³-hybridized carbons (Fsp3) is 0.0758. The second kappa shape index (κ2) is 16.9. The Morgan fingerprint density at radius 2 is 1.15 bits per heavy atom. The normalized spacial score (nSPS) is 14.7. The van der Waals surface area contributed by atoms with Gasteiger partial charge in [0.2, 0.25) is 0 Å². The number of hydrogen-bond acceptors (Lipinski definition) is 1. The highest BCUT2D eigenvalue weighted by Gasteiger charge is 2.51. The maximum atomic E-state index is 5.41. The summed E-state index contributed by atoms with van der Waals surface area (Å²) in [5.74, 6) is 1.08. The molecule has 0 fully saturated rings. The monoisotopic (exact) mass is 911 g/mol. The van der Waals surface area contributed by atoms with Crippen molar-refractivity contribution in [3.8, 4) is 22.5 Å². The molecule has 3 aliphatic rings. The van der Waals surface area contributed by atoms with Gasteiger partial charge < -0.3 is 9.13 Å². The van der Waals surface area contributed by atoms with Gasteiger partial charge in [-0.3, -0.25) is 4.99 Å². The first-order valence-corrected chi connectivity index (χ1v) is 24.5. The number of aliphatic imine (C=N–C) groups is 3. The van der Waals surface area contributed by atoms with Crippen LogP contribution in [0.25, 0.3) is 66.9 Å². The maximum absolute atomic E-state index is 5.41. The summed E-state index contributed by atoms with van der Waals surface area (Å²) in [6.45, 7) is 11.0. The molecule has 1 spiro atoms. The zero-order valence-electron chi connectivity index (χ0n) is 39.6. The van der Waals surface area contributed by atoms with Crippen molar-refractivity contribution in [3.05, 3.63) is 275 Å². The first-order valence-electron chi connectivity index (χ1n) is 24.5. The van der Waals surface area contributed by atoms with E-state index in [4.69, 9.17) is 9.98 Å². The van der Waals surface area contributed by atoms with E-state index in [2.05, 4.69) is 253 Å². The summed E-state index contributed by atoms with van der Waals surface area (Å²) in [4.78, 5) is 15.3. The van der Waals surface area contributed by atoms with Crippen molar-refractivity contribution in [2.45, 2.75) is 31.7 Å². The average molecular weight is 912 g/mol. The lowest BCUT2D eigenvalue weighted by molar-refractivity contribution is 0.784. The van der Waals surface area contributed by atoms with Crippen LogP contribution in [0.15, 0.2) is 239 Å². The summed E-state index contributed by atoms with van der Waals surface area (Å²) >= 11 is 0. The number of benzene rings is 8. The highest BCUT2D eigenvalue weighted by atomic mass is 15.0. The van der Waals surface area contributed by atoms with Crippen LogP contribution in [-0.2, 0) is 18.4 Å². The molecule has 0 saturated heterocycles. The molecule has 0 amide bonds. The average Bonchev–Trinajstić information content (AvgIpc) is 4.13. The van der Waals surface area contributed by atoms with Crippen LogP contribution in [0, 0.1) is 0 Å². The van der Waals surface area contributed by atoms with Crippen molar-refractivity contribution in [3.63, 3.8) is 0 Å². The van der Waals surface area contributed by atoms with E-state index in [1.54, 1.807) is 0 Å². The molecule has 0 bridgehead atoms.